The monoisotopic (exact) mass is 614 g/mol. The first-order valence-electron chi connectivity index (χ1n) is 13.4. The first-order chi connectivity index (χ1) is 21.1. The molecule has 11 nitrogen and oxygen atoms in total. The van der Waals surface area contributed by atoms with Gasteiger partial charge in [-0.05, 0) is 49.4 Å². The van der Waals surface area contributed by atoms with Gasteiger partial charge >= 0.3 is 0 Å². The van der Waals surface area contributed by atoms with Crippen molar-refractivity contribution in [2.45, 2.75) is 17.9 Å². The number of aromatic nitrogens is 1. The highest BCUT2D eigenvalue weighted by Crippen LogP contribution is 2.18. The summed E-state index contributed by atoms with van der Waals surface area (Å²) in [5.41, 5.74) is 2.21. The summed E-state index contributed by atoms with van der Waals surface area (Å²) in [6, 6.07) is 18.0. The van der Waals surface area contributed by atoms with Crippen molar-refractivity contribution in [3.8, 4) is 11.8 Å². The van der Waals surface area contributed by atoms with E-state index in [4.69, 9.17) is 9.52 Å². The maximum absolute atomic E-state index is 14.0. The minimum atomic E-state index is -3.57. The third-order valence-corrected chi connectivity index (χ3v) is 8.41. The average Bonchev–Trinajstić information content (AvgIpc) is 3.46. The first-order valence-corrected chi connectivity index (χ1v) is 15.1. The van der Waals surface area contributed by atoms with Crippen LogP contribution >= 0.6 is 0 Å². The molecule has 0 radical (unpaired) electrons. The fourth-order valence-electron chi connectivity index (χ4n) is 3.98. The smallest absolute Gasteiger partial charge is 0.291 e. The van der Waals surface area contributed by atoms with Crippen LogP contribution in [0, 0.1) is 18.8 Å². The molecule has 226 valence electrons. The van der Waals surface area contributed by atoms with Crippen LogP contribution in [0.25, 0.3) is 0 Å². The highest BCUT2D eigenvalue weighted by atomic mass is 32.2. The summed E-state index contributed by atoms with van der Waals surface area (Å²) in [7, 11) is -2.18. The second-order valence-corrected chi connectivity index (χ2v) is 12.0. The van der Waals surface area contributed by atoms with E-state index in [1.165, 1.54) is 43.9 Å². The Morgan fingerprint density at radius 3 is 2.50 bits per heavy atom. The molecule has 0 fully saturated rings. The molecule has 2 aromatic heterocycles. The molecule has 44 heavy (non-hydrogen) atoms. The van der Waals surface area contributed by atoms with E-state index in [1.807, 2.05) is 0 Å². The lowest BCUT2D eigenvalue weighted by atomic mass is 10.1. The standard InChI is InChI=1S/C32H30N4O7S/c1-22-13-14-43-30(22)32(41)34-26-8-6-7-23(16-26)11-12-24-15-25(18-33-17-24)31(40)35-44(42,28-9-4-3-5-10-28)21-29(39)36(2)19-27(38)20-37/h3-10,13-18,27,37-38H,19-21H2,1-2H3,(H,34,41)/t27?,44-/m0/s1. The number of nitrogens with zero attached hydrogens (tertiary/aromatic N) is 3. The second-order valence-electron chi connectivity index (χ2n) is 9.78. The Balaban J connectivity index is 1.56. The summed E-state index contributed by atoms with van der Waals surface area (Å²) < 4.78 is 23.2. The molecular formula is C32H30N4O7S. The highest BCUT2D eigenvalue weighted by Gasteiger charge is 2.24. The molecule has 12 heteroatoms. The number of carbonyl (C=O) groups excluding carboxylic acids is 3. The molecule has 4 rings (SSSR count). The van der Waals surface area contributed by atoms with Crippen LogP contribution in [0.2, 0.25) is 0 Å². The molecule has 0 saturated heterocycles. The lowest BCUT2D eigenvalue weighted by Crippen LogP contribution is -2.39. The minimum Gasteiger partial charge on any atom is -0.459 e. The number of anilines is 1. The molecule has 2 heterocycles. The van der Waals surface area contributed by atoms with E-state index in [0.29, 0.717) is 22.4 Å². The van der Waals surface area contributed by atoms with Crippen molar-refractivity contribution >= 4 is 33.1 Å². The molecule has 1 unspecified atom stereocenters. The van der Waals surface area contributed by atoms with Gasteiger partial charge in [-0.25, -0.2) is 4.21 Å². The summed E-state index contributed by atoms with van der Waals surface area (Å²) >= 11 is 0. The van der Waals surface area contributed by atoms with Crippen LogP contribution in [-0.4, -0.2) is 74.1 Å². The Labute approximate surface area is 254 Å². The second kappa shape index (κ2) is 14.4. The van der Waals surface area contributed by atoms with Gasteiger partial charge in [0.05, 0.1) is 34.3 Å². The van der Waals surface area contributed by atoms with Crippen LogP contribution in [-0.2, 0) is 14.5 Å². The lowest BCUT2D eigenvalue weighted by molar-refractivity contribution is -0.128. The van der Waals surface area contributed by atoms with Gasteiger partial charge in [0.15, 0.2) is 5.76 Å². The number of aliphatic hydroxyl groups excluding tert-OH is 2. The molecule has 0 aliphatic heterocycles. The van der Waals surface area contributed by atoms with E-state index in [1.54, 1.807) is 55.5 Å². The summed E-state index contributed by atoms with van der Waals surface area (Å²) in [5, 5.41) is 21.5. The molecule has 2 aromatic carbocycles. The van der Waals surface area contributed by atoms with E-state index in [2.05, 4.69) is 26.5 Å². The summed E-state index contributed by atoms with van der Waals surface area (Å²) in [4.78, 5) is 43.9. The minimum absolute atomic E-state index is 0.0202. The Kier molecular flexibility index (Phi) is 10.4. The largest absolute Gasteiger partial charge is 0.459 e. The van der Waals surface area contributed by atoms with Gasteiger partial charge in [0.25, 0.3) is 11.8 Å². The number of amides is 3. The van der Waals surface area contributed by atoms with Crippen molar-refractivity contribution in [1.82, 2.24) is 9.88 Å². The number of carbonyl (C=O) groups is 3. The van der Waals surface area contributed by atoms with Crippen LogP contribution < -0.4 is 5.32 Å². The number of aliphatic hydroxyl groups is 2. The zero-order valence-electron chi connectivity index (χ0n) is 24.0. The van der Waals surface area contributed by atoms with Crippen molar-refractivity contribution in [2.24, 2.45) is 4.36 Å². The molecule has 0 aliphatic rings. The molecule has 4 aromatic rings. The quantitative estimate of drug-likeness (QED) is 0.242. The number of nitrogens with one attached hydrogen (secondary N) is 1. The van der Waals surface area contributed by atoms with Gasteiger partial charge < -0.3 is 24.8 Å². The van der Waals surface area contributed by atoms with Crippen molar-refractivity contribution in [2.75, 3.05) is 31.3 Å². The van der Waals surface area contributed by atoms with Crippen molar-refractivity contribution in [3.63, 3.8) is 0 Å². The molecule has 2 atom stereocenters. The molecule has 0 saturated carbocycles. The van der Waals surface area contributed by atoms with E-state index < -0.39 is 40.0 Å². The first kappa shape index (κ1) is 31.8. The summed E-state index contributed by atoms with van der Waals surface area (Å²) in [6.45, 7) is 1.04. The maximum Gasteiger partial charge on any atom is 0.291 e. The molecule has 0 spiro atoms. The Morgan fingerprint density at radius 2 is 1.80 bits per heavy atom. The number of furan rings is 1. The third-order valence-electron chi connectivity index (χ3n) is 6.31. The zero-order chi connectivity index (χ0) is 31.7. The Bertz CT molecular complexity index is 1850. The fourth-order valence-corrected chi connectivity index (χ4v) is 5.83. The topological polar surface area (TPSA) is 162 Å². The predicted octanol–water partition coefficient (Wildman–Crippen LogP) is 3.11. The average molecular weight is 615 g/mol. The molecule has 3 amide bonds. The van der Waals surface area contributed by atoms with Crippen LogP contribution in [0.4, 0.5) is 5.69 Å². The zero-order valence-corrected chi connectivity index (χ0v) is 24.8. The van der Waals surface area contributed by atoms with E-state index in [-0.39, 0.29) is 28.7 Å². The molecule has 3 N–H and O–H groups in total. The van der Waals surface area contributed by atoms with Crippen LogP contribution in [0.3, 0.4) is 0 Å². The van der Waals surface area contributed by atoms with E-state index >= 15 is 0 Å². The molecular weight excluding hydrogens is 584 g/mol. The van der Waals surface area contributed by atoms with Crippen LogP contribution in [0.5, 0.6) is 0 Å². The van der Waals surface area contributed by atoms with Crippen LogP contribution in [0.1, 0.15) is 37.6 Å². The molecule has 0 aliphatic carbocycles. The van der Waals surface area contributed by atoms with Gasteiger partial charge in [0.1, 0.15) is 5.75 Å². The van der Waals surface area contributed by atoms with Gasteiger partial charge in [-0.2, -0.15) is 4.36 Å². The number of benzene rings is 2. The predicted molar refractivity (Wildman–Crippen MR) is 163 cm³/mol. The van der Waals surface area contributed by atoms with Gasteiger partial charge in [0.2, 0.25) is 5.91 Å². The summed E-state index contributed by atoms with van der Waals surface area (Å²) in [5.74, 6) is 3.63. The van der Waals surface area contributed by atoms with Crippen LogP contribution in [0.15, 0.2) is 99.1 Å². The van der Waals surface area contributed by atoms with Gasteiger partial charge in [-0.15, -0.1) is 0 Å². The van der Waals surface area contributed by atoms with Crippen molar-refractivity contribution in [1.29, 1.82) is 0 Å². The number of hydrogen-bond acceptors (Lipinski definition) is 8. The van der Waals surface area contributed by atoms with E-state index in [0.717, 1.165) is 4.90 Å². The number of aryl methyl sites for hydroxylation is 1. The Hall–Kier alpha value is -5.09. The normalized spacial score (nSPS) is 12.6. The number of likely N-dealkylation sites (N-methyl/N-ethyl adjacent to an activating group) is 1. The van der Waals surface area contributed by atoms with Crippen molar-refractivity contribution < 1.29 is 33.2 Å². The number of hydrogen-bond donors (Lipinski definition) is 3. The number of rotatable bonds is 9. The SMILES string of the molecule is Cc1ccoc1C(=O)Nc1cccc(C#Cc2cncc(C(=O)N=[S@](=O)(CC(=O)N(C)CC(O)CO)c3ccccc3)c2)c1. The third kappa shape index (κ3) is 8.26. The van der Waals surface area contributed by atoms with Gasteiger partial charge in [0, 0.05) is 53.3 Å². The van der Waals surface area contributed by atoms with Gasteiger partial charge in [-0.1, -0.05) is 36.1 Å². The van der Waals surface area contributed by atoms with Crippen molar-refractivity contribution in [3.05, 3.63) is 113 Å². The number of pyridine rings is 1. The maximum atomic E-state index is 14.0. The lowest BCUT2D eigenvalue weighted by Gasteiger charge is -2.20. The van der Waals surface area contributed by atoms with Gasteiger partial charge in [-0.3, -0.25) is 19.4 Å². The summed E-state index contributed by atoms with van der Waals surface area (Å²) in [6.07, 6.45) is 2.99. The Morgan fingerprint density at radius 1 is 1.05 bits per heavy atom. The fraction of sp³-hybridized carbons (Fsp3) is 0.188. The molecule has 0 bridgehead atoms. The van der Waals surface area contributed by atoms with E-state index in [9.17, 15) is 23.7 Å². The highest BCUT2D eigenvalue weighted by molar-refractivity contribution is 7.94.